The molecule has 7 heteroatoms. The van der Waals surface area contributed by atoms with Gasteiger partial charge < -0.3 is 0 Å². The van der Waals surface area contributed by atoms with Crippen molar-refractivity contribution in [1.82, 2.24) is 0 Å². The minimum Gasteiger partial charge on any atom is -0.276 e. The summed E-state index contributed by atoms with van der Waals surface area (Å²) in [6.45, 7) is 0. The molecule has 0 spiro atoms. The normalized spacial score (nSPS) is 11.4. The number of halogens is 2. The van der Waals surface area contributed by atoms with Gasteiger partial charge in [0.25, 0.3) is 5.84 Å². The Balaban J connectivity index is 2.05. The SMILES string of the molecule is N#CC(N=Nc1ccc(Cl)cc1)=NNc1ccc(Cl)cc1. The van der Waals surface area contributed by atoms with Crippen molar-refractivity contribution in [2.75, 3.05) is 5.43 Å². The third-order valence-electron chi connectivity index (χ3n) is 2.32. The van der Waals surface area contributed by atoms with Crippen LogP contribution >= 0.6 is 23.2 Å². The molecule has 0 aliphatic heterocycles. The van der Waals surface area contributed by atoms with E-state index in [1.165, 1.54) is 0 Å². The number of benzene rings is 2. The summed E-state index contributed by atoms with van der Waals surface area (Å²) >= 11 is 11.5. The summed E-state index contributed by atoms with van der Waals surface area (Å²) < 4.78 is 0. The van der Waals surface area contributed by atoms with E-state index in [0.29, 0.717) is 21.4 Å². The molecule has 0 aliphatic carbocycles. The summed E-state index contributed by atoms with van der Waals surface area (Å²) in [6.07, 6.45) is 0. The van der Waals surface area contributed by atoms with Crippen LogP contribution in [0.25, 0.3) is 0 Å². The van der Waals surface area contributed by atoms with Crippen LogP contribution in [0.4, 0.5) is 11.4 Å². The molecule has 0 aromatic heterocycles. The van der Waals surface area contributed by atoms with Crippen LogP contribution in [0, 0.1) is 11.3 Å². The summed E-state index contributed by atoms with van der Waals surface area (Å²) in [7, 11) is 0. The van der Waals surface area contributed by atoms with E-state index < -0.39 is 0 Å². The molecule has 5 nitrogen and oxygen atoms in total. The zero-order valence-electron chi connectivity index (χ0n) is 10.7. The highest BCUT2D eigenvalue weighted by Crippen LogP contribution is 2.17. The lowest BCUT2D eigenvalue weighted by atomic mass is 10.3. The number of amidine groups is 1. The minimum atomic E-state index is -0.0973. The maximum atomic E-state index is 8.95. The van der Waals surface area contributed by atoms with Gasteiger partial charge in [0.15, 0.2) is 0 Å². The molecule has 0 fully saturated rings. The van der Waals surface area contributed by atoms with Crippen LogP contribution in [-0.4, -0.2) is 5.84 Å². The molecule has 2 rings (SSSR count). The number of hydrazone groups is 1. The van der Waals surface area contributed by atoms with Gasteiger partial charge in [-0.05, 0) is 48.5 Å². The fourth-order valence-electron chi connectivity index (χ4n) is 1.32. The van der Waals surface area contributed by atoms with Crippen molar-refractivity contribution in [3.63, 3.8) is 0 Å². The number of hydrogen-bond acceptors (Lipinski definition) is 4. The van der Waals surface area contributed by atoms with Crippen molar-refractivity contribution in [2.45, 2.75) is 0 Å². The predicted octanol–water partition coefficient (Wildman–Crippen LogP) is 5.03. The Morgan fingerprint density at radius 1 is 0.952 bits per heavy atom. The summed E-state index contributed by atoms with van der Waals surface area (Å²) in [4.78, 5) is 0. The highest BCUT2D eigenvalue weighted by molar-refractivity contribution is 6.30. The largest absolute Gasteiger partial charge is 0.276 e. The Hall–Kier alpha value is -2.42. The van der Waals surface area contributed by atoms with E-state index >= 15 is 0 Å². The number of nitrogens with zero attached hydrogens (tertiary/aromatic N) is 4. The molecule has 0 unspecified atom stereocenters. The van der Waals surface area contributed by atoms with Gasteiger partial charge in [-0.1, -0.05) is 23.2 Å². The quantitative estimate of drug-likeness (QED) is 0.373. The van der Waals surface area contributed by atoms with Gasteiger partial charge in [0.05, 0.1) is 11.4 Å². The highest BCUT2D eigenvalue weighted by atomic mass is 35.5. The molecule has 0 bridgehead atoms. The lowest BCUT2D eigenvalue weighted by molar-refractivity contribution is 1.23. The first-order valence-corrected chi connectivity index (χ1v) is 6.59. The molecule has 0 atom stereocenters. The monoisotopic (exact) mass is 317 g/mol. The molecule has 2 aromatic rings. The molecule has 0 saturated heterocycles. The van der Waals surface area contributed by atoms with E-state index in [4.69, 9.17) is 28.5 Å². The van der Waals surface area contributed by atoms with Crippen molar-refractivity contribution < 1.29 is 0 Å². The molecule has 104 valence electrons. The highest BCUT2D eigenvalue weighted by Gasteiger charge is 1.96. The fourth-order valence-corrected chi connectivity index (χ4v) is 1.58. The maximum absolute atomic E-state index is 8.95. The van der Waals surface area contributed by atoms with Gasteiger partial charge in [-0.3, -0.25) is 5.43 Å². The fraction of sp³-hybridized carbons (Fsp3) is 0. The molecular weight excluding hydrogens is 309 g/mol. The van der Waals surface area contributed by atoms with Crippen molar-refractivity contribution in [3.05, 3.63) is 58.6 Å². The zero-order chi connectivity index (χ0) is 15.1. The Labute approximate surface area is 131 Å². The Bertz CT molecular complexity index is 700. The van der Waals surface area contributed by atoms with Crippen LogP contribution in [0.1, 0.15) is 0 Å². The number of rotatable bonds is 3. The van der Waals surface area contributed by atoms with Gasteiger partial charge in [-0.15, -0.1) is 15.3 Å². The first-order valence-electron chi connectivity index (χ1n) is 5.84. The molecule has 1 N–H and O–H groups in total. The average Bonchev–Trinajstić information content (AvgIpc) is 2.51. The predicted molar refractivity (Wildman–Crippen MR) is 84.1 cm³/mol. The van der Waals surface area contributed by atoms with E-state index in [2.05, 4.69) is 20.8 Å². The number of azo groups is 1. The van der Waals surface area contributed by atoms with Crippen molar-refractivity contribution in [2.24, 2.45) is 15.3 Å². The van der Waals surface area contributed by atoms with E-state index in [0.717, 1.165) is 0 Å². The second-order valence-corrected chi connectivity index (χ2v) is 4.72. The third-order valence-corrected chi connectivity index (χ3v) is 2.83. The van der Waals surface area contributed by atoms with E-state index in [9.17, 15) is 0 Å². The van der Waals surface area contributed by atoms with Crippen LogP contribution in [0.2, 0.25) is 10.0 Å². The summed E-state index contributed by atoms with van der Waals surface area (Å²) in [5.74, 6) is -0.0973. The number of nitriles is 1. The topological polar surface area (TPSA) is 72.9 Å². The van der Waals surface area contributed by atoms with Crippen molar-refractivity contribution >= 4 is 40.4 Å². The molecule has 0 aliphatic rings. The molecule has 0 heterocycles. The summed E-state index contributed by atoms with van der Waals surface area (Å²) in [6, 6.07) is 15.5. The van der Waals surface area contributed by atoms with Crippen molar-refractivity contribution in [1.29, 1.82) is 5.26 Å². The van der Waals surface area contributed by atoms with Crippen molar-refractivity contribution in [3.8, 4) is 6.07 Å². The summed E-state index contributed by atoms with van der Waals surface area (Å²) in [5, 5.41) is 21.7. The lowest BCUT2D eigenvalue weighted by Gasteiger charge is -1.99. The van der Waals surface area contributed by atoms with Crippen LogP contribution < -0.4 is 5.43 Å². The van der Waals surface area contributed by atoms with E-state index in [1.807, 2.05) is 6.07 Å². The molecule has 0 radical (unpaired) electrons. The van der Waals surface area contributed by atoms with Gasteiger partial charge in [0.2, 0.25) is 0 Å². The Kier molecular flexibility index (Phi) is 5.27. The van der Waals surface area contributed by atoms with Gasteiger partial charge in [-0.25, -0.2) is 0 Å². The van der Waals surface area contributed by atoms with E-state index in [-0.39, 0.29) is 5.84 Å². The first-order chi connectivity index (χ1) is 10.2. The maximum Gasteiger partial charge on any atom is 0.270 e. The van der Waals surface area contributed by atoms with Gasteiger partial charge in [0, 0.05) is 10.0 Å². The standard InChI is InChI=1S/C14H9Cl2N5/c15-10-1-5-12(6-2-10)18-20-14(9-17)21-19-13-7-3-11(16)4-8-13/h1-8,18H. The zero-order valence-corrected chi connectivity index (χ0v) is 12.2. The second-order valence-electron chi connectivity index (χ2n) is 3.84. The van der Waals surface area contributed by atoms with Gasteiger partial charge >= 0.3 is 0 Å². The van der Waals surface area contributed by atoms with Crippen LogP contribution in [-0.2, 0) is 0 Å². The van der Waals surface area contributed by atoms with E-state index in [1.54, 1.807) is 48.5 Å². The van der Waals surface area contributed by atoms with Crippen LogP contribution in [0.5, 0.6) is 0 Å². The lowest BCUT2D eigenvalue weighted by Crippen LogP contribution is -1.95. The third kappa shape index (κ3) is 4.88. The minimum absolute atomic E-state index is 0.0973. The first kappa shape index (κ1) is 15.0. The number of anilines is 1. The Morgan fingerprint density at radius 3 is 2.10 bits per heavy atom. The van der Waals surface area contributed by atoms with Crippen LogP contribution in [0.15, 0.2) is 63.9 Å². The molecule has 2 aromatic carbocycles. The van der Waals surface area contributed by atoms with Crippen LogP contribution in [0.3, 0.4) is 0 Å². The molecular formula is C14H9Cl2N5. The Morgan fingerprint density at radius 2 is 1.52 bits per heavy atom. The molecule has 21 heavy (non-hydrogen) atoms. The average molecular weight is 318 g/mol. The van der Waals surface area contributed by atoms with Gasteiger partial charge in [-0.2, -0.15) is 5.26 Å². The second kappa shape index (κ2) is 7.39. The number of nitrogens with one attached hydrogen (secondary N) is 1. The molecule has 0 amide bonds. The number of hydrogen-bond donors (Lipinski definition) is 1. The summed E-state index contributed by atoms with van der Waals surface area (Å²) in [5.41, 5.74) is 3.97. The molecule has 0 saturated carbocycles. The van der Waals surface area contributed by atoms with Gasteiger partial charge in [0.1, 0.15) is 6.07 Å². The smallest absolute Gasteiger partial charge is 0.270 e.